The average Bonchev–Trinajstić information content (AvgIpc) is 1.63. The standard InChI is InChI=1S/C2H2O4.BHO3.Mg/c3-1(4)2(5)6;2-1(3)4;/h(H,3,4)(H,5,6);2H;/q;-2;+2. The van der Waals surface area contributed by atoms with E-state index in [2.05, 4.69) is 0 Å². The van der Waals surface area contributed by atoms with Crippen molar-refractivity contribution in [1.29, 1.82) is 0 Å². The molecule has 0 spiro atoms. The summed E-state index contributed by atoms with van der Waals surface area (Å²) in [6, 6.07) is 0. The van der Waals surface area contributed by atoms with E-state index in [0.717, 1.165) is 0 Å². The predicted molar refractivity (Wildman–Crippen MR) is 29.0 cm³/mol. The number of rotatable bonds is 0. The summed E-state index contributed by atoms with van der Waals surface area (Å²) in [7, 11) is -2.67. The Labute approximate surface area is 77.6 Å². The molecule has 0 aliphatic rings. The van der Waals surface area contributed by atoms with Crippen LogP contribution in [0.4, 0.5) is 0 Å². The van der Waals surface area contributed by atoms with Crippen LogP contribution in [0.2, 0.25) is 0 Å². The van der Waals surface area contributed by atoms with Crippen LogP contribution < -0.4 is 10.0 Å². The van der Waals surface area contributed by atoms with E-state index in [1.54, 1.807) is 0 Å². The minimum Gasteiger partial charge on any atom is -0.871 e. The normalized spacial score (nSPS) is 6.45. The van der Waals surface area contributed by atoms with E-state index in [4.69, 9.17) is 34.9 Å². The van der Waals surface area contributed by atoms with Crippen molar-refractivity contribution in [2.45, 2.75) is 0 Å². The van der Waals surface area contributed by atoms with Gasteiger partial charge in [0.15, 0.2) is 0 Å². The Kier molecular flexibility index (Phi) is 14.9. The zero-order chi connectivity index (χ0) is 8.73. The van der Waals surface area contributed by atoms with Crippen molar-refractivity contribution >= 4 is 42.3 Å². The molecule has 0 aromatic carbocycles. The van der Waals surface area contributed by atoms with Crippen LogP contribution in [0.15, 0.2) is 0 Å². The quantitative estimate of drug-likeness (QED) is 0.248. The van der Waals surface area contributed by atoms with Crippen molar-refractivity contribution in [3.05, 3.63) is 0 Å². The minimum atomic E-state index is -2.67. The van der Waals surface area contributed by atoms with Crippen molar-refractivity contribution in [3.63, 3.8) is 0 Å². The van der Waals surface area contributed by atoms with Gasteiger partial charge in [-0.15, -0.1) is 0 Å². The maximum Gasteiger partial charge on any atom is 2.00 e. The Morgan fingerprint density at radius 3 is 1.18 bits per heavy atom. The van der Waals surface area contributed by atoms with Crippen LogP contribution in [0.3, 0.4) is 0 Å². The third-order valence-corrected chi connectivity index (χ3v) is 0.183. The van der Waals surface area contributed by atoms with Crippen LogP contribution in [-0.4, -0.2) is 57.5 Å². The van der Waals surface area contributed by atoms with Crippen molar-refractivity contribution in [2.75, 3.05) is 0 Å². The van der Waals surface area contributed by atoms with Crippen molar-refractivity contribution < 1.29 is 34.9 Å². The number of aliphatic carboxylic acids is 2. The van der Waals surface area contributed by atoms with Gasteiger partial charge in [-0.1, -0.05) is 0 Å². The predicted octanol–water partition coefficient (Wildman–Crippen LogP) is -4.54. The molecule has 0 amide bonds. The minimum absolute atomic E-state index is 0. The van der Waals surface area contributed by atoms with Crippen LogP contribution in [0.5, 0.6) is 0 Å². The smallest absolute Gasteiger partial charge is 0.871 e. The molecule has 0 fully saturated rings. The van der Waals surface area contributed by atoms with E-state index >= 15 is 0 Å². The Bertz CT molecular complexity index is 109. The Hall–Kier alpha value is -0.349. The monoisotopic (exact) mass is 174 g/mol. The maximum absolute atomic E-state index is 9.10. The summed E-state index contributed by atoms with van der Waals surface area (Å²) in [5.74, 6) is -3.65. The molecule has 0 aromatic rings. The molecule has 11 heavy (non-hydrogen) atoms. The first kappa shape index (κ1) is 16.9. The largest absolute Gasteiger partial charge is 2.00 e. The fourth-order valence-electron chi connectivity index (χ4n) is 0. The van der Waals surface area contributed by atoms with E-state index in [0.29, 0.717) is 0 Å². The zero-order valence-corrected chi connectivity index (χ0v) is 6.67. The molecule has 0 unspecified atom stereocenters. The molecule has 0 saturated carbocycles. The van der Waals surface area contributed by atoms with Gasteiger partial charge in [0.1, 0.15) is 0 Å². The fraction of sp³-hybridized carbons (Fsp3) is 0. The number of carboxylic acids is 2. The van der Waals surface area contributed by atoms with Crippen molar-refractivity contribution in [3.8, 4) is 0 Å². The summed E-state index contributed by atoms with van der Waals surface area (Å²) >= 11 is 0. The number of carbonyl (C=O) groups is 2. The summed E-state index contributed by atoms with van der Waals surface area (Å²) < 4.78 is 0. The third kappa shape index (κ3) is 42.4. The SMILES string of the molecule is O=C(O)C(=O)O.[Mg+2].[O-]B([O-])O. The molecule has 3 N–H and O–H groups in total. The molecule has 0 rings (SSSR count). The van der Waals surface area contributed by atoms with Crippen LogP contribution >= 0.6 is 0 Å². The molecule has 0 bridgehead atoms. The van der Waals surface area contributed by atoms with Gasteiger partial charge in [-0.3, -0.25) is 0 Å². The summed E-state index contributed by atoms with van der Waals surface area (Å²) in [4.78, 5) is 18.2. The van der Waals surface area contributed by atoms with Gasteiger partial charge >= 0.3 is 35.0 Å². The first-order valence-electron chi connectivity index (χ1n) is 1.84. The second-order valence-electron chi connectivity index (χ2n) is 0.917. The maximum atomic E-state index is 9.10. The Morgan fingerprint density at radius 1 is 1.09 bits per heavy atom. The molecular weight excluding hydrogens is 171 g/mol. The Morgan fingerprint density at radius 2 is 1.18 bits per heavy atom. The van der Waals surface area contributed by atoms with Gasteiger partial charge in [0.2, 0.25) is 0 Å². The van der Waals surface area contributed by atoms with Crippen molar-refractivity contribution in [2.24, 2.45) is 0 Å². The van der Waals surface area contributed by atoms with E-state index in [-0.39, 0.29) is 23.1 Å². The van der Waals surface area contributed by atoms with Gasteiger partial charge < -0.3 is 25.3 Å². The molecule has 0 aliphatic carbocycles. The van der Waals surface area contributed by atoms with Gasteiger partial charge in [0.05, 0.1) is 7.32 Å². The average molecular weight is 174 g/mol. The first-order valence-corrected chi connectivity index (χ1v) is 1.84. The molecule has 0 radical (unpaired) electrons. The molecule has 0 aliphatic heterocycles. The van der Waals surface area contributed by atoms with Gasteiger partial charge in [-0.25, -0.2) is 9.59 Å². The van der Waals surface area contributed by atoms with E-state index in [9.17, 15) is 0 Å². The Balaban J connectivity index is -0.000000114. The molecule has 9 heteroatoms. The fourth-order valence-corrected chi connectivity index (χ4v) is 0. The van der Waals surface area contributed by atoms with Gasteiger partial charge in [-0.2, -0.15) is 0 Å². The summed E-state index contributed by atoms with van der Waals surface area (Å²) in [5, 5.41) is 38.8. The van der Waals surface area contributed by atoms with E-state index in [1.165, 1.54) is 0 Å². The summed E-state index contributed by atoms with van der Waals surface area (Å²) in [6.45, 7) is 0. The molecule has 0 heterocycles. The van der Waals surface area contributed by atoms with Gasteiger partial charge in [0, 0.05) is 0 Å². The van der Waals surface area contributed by atoms with Crippen LogP contribution in [-0.2, 0) is 9.59 Å². The summed E-state index contributed by atoms with van der Waals surface area (Å²) in [5.41, 5.74) is 0. The van der Waals surface area contributed by atoms with Crippen LogP contribution in [0, 0.1) is 0 Å². The molecular formula is C2H3BMgO7. The molecule has 0 aromatic heterocycles. The van der Waals surface area contributed by atoms with Crippen LogP contribution in [0.1, 0.15) is 0 Å². The second-order valence-corrected chi connectivity index (χ2v) is 0.917. The third-order valence-electron chi connectivity index (χ3n) is 0.183. The molecule has 0 saturated heterocycles. The second kappa shape index (κ2) is 9.65. The number of hydrogen-bond acceptors (Lipinski definition) is 5. The van der Waals surface area contributed by atoms with Crippen LogP contribution in [0.25, 0.3) is 0 Å². The number of hydrogen-bond donors (Lipinski definition) is 3. The van der Waals surface area contributed by atoms with E-state index < -0.39 is 19.3 Å². The molecule has 0 atom stereocenters. The van der Waals surface area contributed by atoms with Gasteiger partial charge in [-0.05, 0) is 0 Å². The first-order chi connectivity index (χ1) is 4.37. The van der Waals surface area contributed by atoms with Gasteiger partial charge in [0.25, 0.3) is 0 Å². The molecule has 58 valence electrons. The molecule has 7 nitrogen and oxygen atoms in total. The van der Waals surface area contributed by atoms with Crippen molar-refractivity contribution in [1.82, 2.24) is 0 Å². The zero-order valence-electron chi connectivity index (χ0n) is 5.26. The van der Waals surface area contributed by atoms with E-state index in [1.807, 2.05) is 0 Å². The topological polar surface area (TPSA) is 141 Å². The summed E-state index contributed by atoms with van der Waals surface area (Å²) in [6.07, 6.45) is 0. The number of carboxylic acid groups (broad SMARTS) is 2.